The Labute approximate surface area is 110 Å². The Morgan fingerprint density at radius 3 is 3.06 bits per heavy atom. The van der Waals surface area contributed by atoms with Crippen molar-refractivity contribution in [3.8, 4) is 0 Å². The number of hydrogen-bond donors (Lipinski definition) is 1. The molecular formula is C13H17BrFNO. The van der Waals surface area contributed by atoms with Crippen LogP contribution in [0, 0.1) is 5.82 Å². The van der Waals surface area contributed by atoms with E-state index in [1.807, 2.05) is 6.07 Å². The van der Waals surface area contributed by atoms with E-state index < -0.39 is 0 Å². The van der Waals surface area contributed by atoms with Crippen LogP contribution >= 0.6 is 15.9 Å². The van der Waals surface area contributed by atoms with E-state index in [0.29, 0.717) is 17.8 Å². The molecule has 0 spiro atoms. The number of benzene rings is 1. The predicted molar refractivity (Wildman–Crippen MR) is 70.8 cm³/mol. The number of rotatable bonds is 3. The van der Waals surface area contributed by atoms with Crippen molar-refractivity contribution in [2.75, 3.05) is 11.9 Å². The molecule has 2 nitrogen and oxygen atoms in total. The van der Waals surface area contributed by atoms with Crippen LogP contribution in [0.5, 0.6) is 0 Å². The van der Waals surface area contributed by atoms with Crippen LogP contribution in [0.3, 0.4) is 0 Å². The highest BCUT2D eigenvalue weighted by Gasteiger charge is 2.21. The summed E-state index contributed by atoms with van der Waals surface area (Å²) in [6, 6.07) is 5.42. The van der Waals surface area contributed by atoms with Crippen LogP contribution in [-0.4, -0.2) is 18.8 Å². The summed E-state index contributed by atoms with van der Waals surface area (Å²) in [5.74, 6) is -0.209. The van der Waals surface area contributed by atoms with Gasteiger partial charge < -0.3 is 10.1 Å². The van der Waals surface area contributed by atoms with Gasteiger partial charge in [0.15, 0.2) is 0 Å². The largest absolute Gasteiger partial charge is 0.380 e. The number of nitrogens with one attached hydrogen (secondary N) is 1. The van der Waals surface area contributed by atoms with Gasteiger partial charge in [-0.1, -0.05) is 22.9 Å². The number of ether oxygens (including phenoxy) is 1. The van der Waals surface area contributed by atoms with Gasteiger partial charge in [0.2, 0.25) is 0 Å². The molecule has 1 heterocycles. The van der Waals surface area contributed by atoms with Gasteiger partial charge in [0.1, 0.15) is 5.82 Å². The van der Waals surface area contributed by atoms with Crippen LogP contribution in [0.4, 0.5) is 10.1 Å². The first kappa shape index (κ1) is 12.8. The minimum Gasteiger partial charge on any atom is -0.380 e. The van der Waals surface area contributed by atoms with E-state index in [-0.39, 0.29) is 5.82 Å². The SMILES string of the molecule is CCC1CC(Nc2ccc(Br)cc2F)CCO1. The Hall–Kier alpha value is -0.610. The summed E-state index contributed by atoms with van der Waals surface area (Å²) in [5.41, 5.74) is 0.579. The van der Waals surface area contributed by atoms with E-state index in [9.17, 15) is 4.39 Å². The van der Waals surface area contributed by atoms with Gasteiger partial charge in [-0.3, -0.25) is 0 Å². The first-order chi connectivity index (χ1) is 8.19. The molecule has 1 aliphatic heterocycles. The summed E-state index contributed by atoms with van der Waals surface area (Å²) < 4.78 is 20.0. The maximum atomic E-state index is 13.7. The van der Waals surface area contributed by atoms with Crippen molar-refractivity contribution in [1.29, 1.82) is 0 Å². The highest BCUT2D eigenvalue weighted by molar-refractivity contribution is 9.10. The second-order valence-electron chi connectivity index (χ2n) is 4.39. The lowest BCUT2D eigenvalue weighted by molar-refractivity contribution is 0.00921. The smallest absolute Gasteiger partial charge is 0.147 e. The zero-order valence-electron chi connectivity index (χ0n) is 9.88. The van der Waals surface area contributed by atoms with Crippen LogP contribution in [0.15, 0.2) is 22.7 Å². The van der Waals surface area contributed by atoms with E-state index in [4.69, 9.17) is 4.74 Å². The van der Waals surface area contributed by atoms with Gasteiger partial charge in [-0.05, 0) is 37.5 Å². The number of halogens is 2. The van der Waals surface area contributed by atoms with Crippen LogP contribution in [-0.2, 0) is 4.74 Å². The molecule has 2 atom stereocenters. The van der Waals surface area contributed by atoms with Crippen molar-refractivity contribution in [3.05, 3.63) is 28.5 Å². The molecule has 2 unspecified atom stereocenters. The lowest BCUT2D eigenvalue weighted by Gasteiger charge is -2.30. The molecular weight excluding hydrogens is 285 g/mol. The Balaban J connectivity index is 2.00. The van der Waals surface area contributed by atoms with Crippen molar-refractivity contribution >= 4 is 21.6 Å². The summed E-state index contributed by atoms with van der Waals surface area (Å²) in [6.45, 7) is 2.88. The zero-order valence-corrected chi connectivity index (χ0v) is 11.5. The molecule has 1 N–H and O–H groups in total. The molecule has 1 aliphatic rings. The first-order valence-corrected chi connectivity index (χ1v) is 6.81. The summed E-state index contributed by atoms with van der Waals surface area (Å²) in [5, 5.41) is 3.26. The van der Waals surface area contributed by atoms with Gasteiger partial charge in [0.05, 0.1) is 11.8 Å². The Morgan fingerprint density at radius 1 is 1.53 bits per heavy atom. The molecule has 0 saturated carbocycles. The van der Waals surface area contributed by atoms with E-state index in [1.54, 1.807) is 6.07 Å². The molecule has 94 valence electrons. The third kappa shape index (κ3) is 3.42. The molecule has 1 fully saturated rings. The highest BCUT2D eigenvalue weighted by Crippen LogP contribution is 2.24. The maximum Gasteiger partial charge on any atom is 0.147 e. The highest BCUT2D eigenvalue weighted by atomic mass is 79.9. The molecule has 17 heavy (non-hydrogen) atoms. The van der Waals surface area contributed by atoms with Gasteiger partial charge in [-0.2, -0.15) is 0 Å². The average Bonchev–Trinajstić information content (AvgIpc) is 2.33. The third-order valence-electron chi connectivity index (χ3n) is 3.11. The van der Waals surface area contributed by atoms with E-state index in [1.165, 1.54) is 6.07 Å². The van der Waals surface area contributed by atoms with E-state index in [0.717, 1.165) is 30.3 Å². The molecule has 1 aromatic rings. The average molecular weight is 302 g/mol. The van der Waals surface area contributed by atoms with E-state index >= 15 is 0 Å². The minimum atomic E-state index is -0.209. The van der Waals surface area contributed by atoms with Crippen molar-refractivity contribution in [1.82, 2.24) is 0 Å². The van der Waals surface area contributed by atoms with Crippen LogP contribution in [0.25, 0.3) is 0 Å². The third-order valence-corrected chi connectivity index (χ3v) is 3.61. The molecule has 0 aromatic heterocycles. The molecule has 0 radical (unpaired) electrons. The quantitative estimate of drug-likeness (QED) is 0.912. The first-order valence-electron chi connectivity index (χ1n) is 6.02. The standard InChI is InChI=1S/C13H17BrFNO/c1-2-11-8-10(5-6-17-11)16-13-4-3-9(14)7-12(13)15/h3-4,7,10-11,16H,2,5-6,8H2,1H3. The fraction of sp³-hybridized carbons (Fsp3) is 0.538. The summed E-state index contributed by atoms with van der Waals surface area (Å²) in [7, 11) is 0. The van der Waals surface area contributed by atoms with Gasteiger partial charge in [0, 0.05) is 17.1 Å². The summed E-state index contributed by atoms with van der Waals surface area (Å²) in [4.78, 5) is 0. The molecule has 0 bridgehead atoms. The van der Waals surface area contributed by atoms with Crippen molar-refractivity contribution in [2.45, 2.75) is 38.3 Å². The van der Waals surface area contributed by atoms with Gasteiger partial charge in [0.25, 0.3) is 0 Å². The Bertz CT molecular complexity index is 386. The zero-order chi connectivity index (χ0) is 12.3. The molecule has 1 saturated heterocycles. The normalized spacial score (nSPS) is 24.6. The van der Waals surface area contributed by atoms with Crippen LogP contribution in [0.2, 0.25) is 0 Å². The minimum absolute atomic E-state index is 0.209. The van der Waals surface area contributed by atoms with Crippen molar-refractivity contribution in [3.63, 3.8) is 0 Å². The topological polar surface area (TPSA) is 21.3 Å². The molecule has 2 rings (SSSR count). The molecule has 4 heteroatoms. The van der Waals surface area contributed by atoms with Crippen LogP contribution < -0.4 is 5.32 Å². The van der Waals surface area contributed by atoms with E-state index in [2.05, 4.69) is 28.2 Å². The Morgan fingerprint density at radius 2 is 2.35 bits per heavy atom. The molecule has 0 amide bonds. The fourth-order valence-electron chi connectivity index (χ4n) is 2.12. The second-order valence-corrected chi connectivity index (χ2v) is 5.31. The fourth-order valence-corrected chi connectivity index (χ4v) is 2.46. The number of hydrogen-bond acceptors (Lipinski definition) is 2. The van der Waals surface area contributed by atoms with Crippen molar-refractivity contribution < 1.29 is 9.13 Å². The lowest BCUT2D eigenvalue weighted by atomic mass is 10.0. The molecule has 0 aliphatic carbocycles. The second kappa shape index (κ2) is 5.83. The van der Waals surface area contributed by atoms with Gasteiger partial charge in [-0.25, -0.2) is 4.39 Å². The van der Waals surface area contributed by atoms with Gasteiger partial charge in [-0.15, -0.1) is 0 Å². The lowest BCUT2D eigenvalue weighted by Crippen LogP contribution is -2.33. The Kier molecular flexibility index (Phi) is 4.40. The van der Waals surface area contributed by atoms with Crippen LogP contribution in [0.1, 0.15) is 26.2 Å². The monoisotopic (exact) mass is 301 g/mol. The summed E-state index contributed by atoms with van der Waals surface area (Å²) >= 11 is 3.25. The predicted octanol–water partition coefficient (Wildman–Crippen LogP) is 3.96. The summed E-state index contributed by atoms with van der Waals surface area (Å²) in [6.07, 6.45) is 3.21. The maximum absolute atomic E-state index is 13.7. The van der Waals surface area contributed by atoms with Crippen molar-refractivity contribution in [2.24, 2.45) is 0 Å². The van der Waals surface area contributed by atoms with Gasteiger partial charge >= 0.3 is 0 Å². The number of anilines is 1. The molecule has 1 aromatic carbocycles.